The second-order valence-corrected chi connectivity index (χ2v) is 13.9. The highest BCUT2D eigenvalue weighted by Crippen LogP contribution is 2.36. The maximum atomic E-state index is 6.97. The van der Waals surface area contributed by atoms with Crippen molar-refractivity contribution in [3.63, 3.8) is 0 Å². The molecule has 0 fully saturated rings. The van der Waals surface area contributed by atoms with Crippen LogP contribution in [0.25, 0.3) is 0 Å². The van der Waals surface area contributed by atoms with Crippen LogP contribution in [0.3, 0.4) is 0 Å². The monoisotopic (exact) mass is 457 g/mol. The van der Waals surface area contributed by atoms with E-state index in [2.05, 4.69) is 129 Å². The number of nitrogens with zero attached hydrogens (tertiary/aromatic N) is 1. The molecule has 0 atom stereocenters. The fraction of sp³-hybridized carbons (Fsp3) is 0.367. The molecular weight excluding hydrogens is 418 g/mol. The molecule has 0 aliphatic rings. The van der Waals surface area contributed by atoms with E-state index in [1.54, 1.807) is 0 Å². The molecule has 0 bridgehead atoms. The molecular formula is C30H39NOSi. The first-order valence-electron chi connectivity index (χ1n) is 12.3. The zero-order chi connectivity index (χ0) is 23.6. The Morgan fingerprint density at radius 1 is 0.909 bits per heavy atom. The minimum atomic E-state index is -2.44. The molecule has 0 radical (unpaired) electrons. The van der Waals surface area contributed by atoms with Crippen LogP contribution in [0, 0.1) is 0 Å². The van der Waals surface area contributed by atoms with E-state index in [-0.39, 0.29) is 5.04 Å². The van der Waals surface area contributed by atoms with Crippen molar-refractivity contribution >= 4 is 18.7 Å². The van der Waals surface area contributed by atoms with Gasteiger partial charge in [0.15, 0.2) is 0 Å². The Hall–Kier alpha value is -2.58. The van der Waals surface area contributed by atoms with Gasteiger partial charge in [-0.25, -0.2) is 0 Å². The van der Waals surface area contributed by atoms with E-state index < -0.39 is 8.32 Å². The summed E-state index contributed by atoms with van der Waals surface area (Å²) in [5, 5.41) is 2.69. The van der Waals surface area contributed by atoms with Gasteiger partial charge in [-0.3, -0.25) is 0 Å². The van der Waals surface area contributed by atoms with E-state index in [4.69, 9.17) is 4.43 Å². The standard InChI is InChI=1S/C30H39NOSi/c1-5-27(18-16-25-31-23-13-14-24-31)17-12-15-26-32-33(30(2,3)4,28-19-8-6-9-20-28)29-21-10-7-11-22-29/h6-14,19-24H,5,15-16,18,25-26H2,1-4H3. The van der Waals surface area contributed by atoms with Gasteiger partial charge in [0.25, 0.3) is 8.32 Å². The van der Waals surface area contributed by atoms with Gasteiger partial charge in [0.1, 0.15) is 0 Å². The Labute approximate surface area is 201 Å². The Morgan fingerprint density at radius 2 is 1.48 bits per heavy atom. The summed E-state index contributed by atoms with van der Waals surface area (Å²) in [6.45, 7) is 11.0. The van der Waals surface area contributed by atoms with E-state index in [0.717, 1.165) is 32.2 Å². The largest absolute Gasteiger partial charge is 0.407 e. The first-order valence-corrected chi connectivity index (χ1v) is 14.2. The number of aryl methyl sites for hydroxylation is 1. The average Bonchev–Trinajstić information content (AvgIpc) is 3.34. The van der Waals surface area contributed by atoms with Crippen molar-refractivity contribution in [3.8, 4) is 0 Å². The molecule has 3 rings (SSSR count). The number of hydrogen-bond donors (Lipinski definition) is 0. The predicted molar refractivity (Wildman–Crippen MR) is 144 cm³/mol. The molecule has 3 aromatic rings. The lowest BCUT2D eigenvalue weighted by molar-refractivity contribution is 0.304. The van der Waals surface area contributed by atoms with Gasteiger partial charge in [-0.05, 0) is 64.9 Å². The van der Waals surface area contributed by atoms with E-state index in [1.807, 2.05) is 0 Å². The molecule has 1 heterocycles. The SMILES string of the molecule is CCC(=C=CCCO[Si](c1ccccc1)(c1ccccc1)C(C)(C)C)CCCn1cccc1. The Morgan fingerprint density at radius 3 is 2.00 bits per heavy atom. The number of aromatic nitrogens is 1. The highest BCUT2D eigenvalue weighted by Gasteiger charge is 2.49. The zero-order valence-corrected chi connectivity index (χ0v) is 21.8. The fourth-order valence-corrected chi connectivity index (χ4v) is 9.17. The van der Waals surface area contributed by atoms with E-state index in [0.29, 0.717) is 6.61 Å². The van der Waals surface area contributed by atoms with Crippen molar-refractivity contribution in [2.24, 2.45) is 0 Å². The quantitative estimate of drug-likeness (QED) is 0.177. The molecule has 2 nitrogen and oxygen atoms in total. The van der Waals surface area contributed by atoms with Crippen LogP contribution in [-0.4, -0.2) is 19.5 Å². The van der Waals surface area contributed by atoms with Crippen molar-refractivity contribution in [1.82, 2.24) is 4.57 Å². The molecule has 0 unspecified atom stereocenters. The molecule has 2 aromatic carbocycles. The third-order valence-corrected chi connectivity index (χ3v) is 11.3. The first-order chi connectivity index (χ1) is 16.0. The fourth-order valence-electron chi connectivity index (χ4n) is 4.59. The lowest BCUT2D eigenvalue weighted by Gasteiger charge is -2.43. The van der Waals surface area contributed by atoms with E-state index in [1.165, 1.54) is 15.9 Å². The molecule has 0 saturated heterocycles. The second-order valence-electron chi connectivity index (χ2n) is 9.63. The molecule has 0 amide bonds. The minimum Gasteiger partial charge on any atom is -0.407 e. The van der Waals surface area contributed by atoms with Gasteiger partial charge in [-0.1, -0.05) is 88.4 Å². The van der Waals surface area contributed by atoms with Crippen molar-refractivity contribution in [2.45, 2.75) is 65.0 Å². The van der Waals surface area contributed by atoms with Gasteiger partial charge >= 0.3 is 0 Å². The van der Waals surface area contributed by atoms with Gasteiger partial charge in [-0.15, -0.1) is 5.73 Å². The summed E-state index contributed by atoms with van der Waals surface area (Å²) in [6, 6.07) is 25.9. The van der Waals surface area contributed by atoms with Crippen molar-refractivity contribution in [1.29, 1.82) is 0 Å². The third-order valence-electron chi connectivity index (χ3n) is 6.29. The normalized spacial score (nSPS) is 11.8. The van der Waals surface area contributed by atoms with E-state index >= 15 is 0 Å². The zero-order valence-electron chi connectivity index (χ0n) is 20.8. The predicted octanol–water partition coefficient (Wildman–Crippen LogP) is 6.73. The number of rotatable bonds is 11. The average molecular weight is 458 g/mol. The number of benzene rings is 2. The van der Waals surface area contributed by atoms with Crippen LogP contribution in [-0.2, 0) is 11.0 Å². The summed E-state index contributed by atoms with van der Waals surface area (Å²) in [5.74, 6) is 0. The minimum absolute atomic E-state index is 0.0162. The molecule has 0 spiro atoms. The molecule has 3 heteroatoms. The van der Waals surface area contributed by atoms with Gasteiger partial charge in [0, 0.05) is 25.5 Å². The lowest BCUT2D eigenvalue weighted by Crippen LogP contribution is -2.66. The van der Waals surface area contributed by atoms with Gasteiger partial charge < -0.3 is 8.99 Å². The van der Waals surface area contributed by atoms with Crippen molar-refractivity contribution in [3.05, 3.63) is 103 Å². The number of hydrogen-bond acceptors (Lipinski definition) is 1. The maximum Gasteiger partial charge on any atom is 0.261 e. The molecule has 0 N–H and O–H groups in total. The van der Waals surface area contributed by atoms with E-state index in [9.17, 15) is 0 Å². The topological polar surface area (TPSA) is 14.2 Å². The van der Waals surface area contributed by atoms with Crippen LogP contribution in [0.1, 0.15) is 53.4 Å². The first kappa shape index (κ1) is 25.0. The lowest BCUT2D eigenvalue weighted by atomic mass is 10.1. The molecule has 33 heavy (non-hydrogen) atoms. The van der Waals surface area contributed by atoms with Crippen LogP contribution < -0.4 is 10.4 Å². The smallest absolute Gasteiger partial charge is 0.261 e. The highest BCUT2D eigenvalue weighted by molar-refractivity contribution is 6.99. The van der Waals surface area contributed by atoms with Crippen LogP contribution in [0.4, 0.5) is 0 Å². The van der Waals surface area contributed by atoms with Crippen LogP contribution >= 0.6 is 0 Å². The molecule has 0 aliphatic heterocycles. The maximum absolute atomic E-state index is 6.97. The Bertz CT molecular complexity index is 971. The van der Waals surface area contributed by atoms with Crippen LogP contribution in [0.5, 0.6) is 0 Å². The van der Waals surface area contributed by atoms with Crippen LogP contribution in [0.15, 0.2) is 103 Å². The Balaban J connectivity index is 1.72. The molecule has 1 aromatic heterocycles. The van der Waals surface area contributed by atoms with Crippen molar-refractivity contribution in [2.75, 3.05) is 6.61 Å². The molecule has 0 saturated carbocycles. The molecule has 0 aliphatic carbocycles. The molecule has 174 valence electrons. The summed E-state index contributed by atoms with van der Waals surface area (Å²) in [5.41, 5.74) is 4.97. The third kappa shape index (κ3) is 6.48. The summed E-state index contributed by atoms with van der Waals surface area (Å²) >= 11 is 0. The summed E-state index contributed by atoms with van der Waals surface area (Å²) in [4.78, 5) is 0. The summed E-state index contributed by atoms with van der Waals surface area (Å²) in [6.07, 6.45) is 10.6. The summed E-state index contributed by atoms with van der Waals surface area (Å²) in [7, 11) is -2.44. The van der Waals surface area contributed by atoms with Crippen molar-refractivity contribution < 1.29 is 4.43 Å². The second kappa shape index (κ2) is 12.0. The Kier molecular flexibility index (Phi) is 9.14. The highest BCUT2D eigenvalue weighted by atomic mass is 28.4. The van der Waals surface area contributed by atoms with Gasteiger partial charge in [0.2, 0.25) is 0 Å². The van der Waals surface area contributed by atoms with Gasteiger partial charge in [0.05, 0.1) is 0 Å². The van der Waals surface area contributed by atoms with Gasteiger partial charge in [-0.2, -0.15) is 0 Å². The van der Waals surface area contributed by atoms with Crippen LogP contribution in [0.2, 0.25) is 5.04 Å². The summed E-state index contributed by atoms with van der Waals surface area (Å²) < 4.78 is 9.21.